The maximum absolute atomic E-state index is 5.91. The highest BCUT2D eigenvalue weighted by atomic mass is 16.5. The maximum Gasteiger partial charge on any atom is 0.208 e. The van der Waals surface area contributed by atoms with E-state index in [1.165, 1.54) is 5.56 Å². The predicted molar refractivity (Wildman–Crippen MR) is 159 cm³/mol. The third-order valence-corrected chi connectivity index (χ3v) is 6.89. The number of imidazole rings is 2. The van der Waals surface area contributed by atoms with E-state index in [-0.39, 0.29) is 0 Å². The van der Waals surface area contributed by atoms with E-state index in [9.17, 15) is 0 Å². The van der Waals surface area contributed by atoms with Crippen LogP contribution >= 0.6 is 0 Å². The van der Waals surface area contributed by atoms with E-state index in [0.717, 1.165) is 62.5 Å². The van der Waals surface area contributed by atoms with Crippen molar-refractivity contribution in [1.82, 2.24) is 19.1 Å². The Bertz CT molecular complexity index is 1630. The molecule has 8 nitrogen and oxygen atoms in total. The molecule has 2 N–H and O–H groups in total. The van der Waals surface area contributed by atoms with Gasteiger partial charge in [-0.05, 0) is 74.2 Å². The highest BCUT2D eigenvalue weighted by Gasteiger charge is 2.16. The van der Waals surface area contributed by atoms with Gasteiger partial charge >= 0.3 is 0 Å². The van der Waals surface area contributed by atoms with Crippen LogP contribution in [-0.4, -0.2) is 32.8 Å². The quantitative estimate of drug-likeness (QED) is 0.209. The Hall–Kier alpha value is -4.46. The number of fused-ring (bicyclic) bond motifs is 1. The van der Waals surface area contributed by atoms with E-state index in [0.29, 0.717) is 12.5 Å². The van der Waals surface area contributed by atoms with E-state index in [1.807, 2.05) is 62.0 Å². The summed E-state index contributed by atoms with van der Waals surface area (Å²) in [6, 6.07) is 16.5. The number of nitrogens with zero attached hydrogens (tertiary/aromatic N) is 4. The SMILES string of the molecule is CCOc1cc(C)c(Nc2nc3c(Nc4ccc(-n5cnc(C)c5)c(OC)c4)cccc3n2C)cc1C(C)C. The lowest BCUT2D eigenvalue weighted by molar-refractivity contribution is 0.335. The number of hydrogen-bond acceptors (Lipinski definition) is 6. The Morgan fingerprint density at radius 1 is 0.974 bits per heavy atom. The van der Waals surface area contributed by atoms with Crippen molar-refractivity contribution in [2.24, 2.45) is 7.05 Å². The van der Waals surface area contributed by atoms with Crippen molar-refractivity contribution in [3.63, 3.8) is 0 Å². The van der Waals surface area contributed by atoms with Crippen LogP contribution in [0.25, 0.3) is 16.7 Å². The first kappa shape index (κ1) is 26.2. The zero-order valence-corrected chi connectivity index (χ0v) is 23.7. The van der Waals surface area contributed by atoms with E-state index < -0.39 is 0 Å². The second kappa shape index (κ2) is 10.7. The fraction of sp³-hybridized carbons (Fsp3) is 0.290. The lowest BCUT2D eigenvalue weighted by Crippen LogP contribution is -2.04. The molecule has 0 saturated carbocycles. The molecule has 2 aromatic heterocycles. The van der Waals surface area contributed by atoms with Gasteiger partial charge in [-0.1, -0.05) is 19.9 Å². The molecule has 0 aliphatic heterocycles. The third kappa shape index (κ3) is 5.14. The van der Waals surface area contributed by atoms with E-state index in [1.54, 1.807) is 13.4 Å². The van der Waals surface area contributed by atoms with E-state index in [4.69, 9.17) is 14.5 Å². The number of nitrogens with one attached hydrogen (secondary N) is 2. The topological polar surface area (TPSA) is 78.2 Å². The van der Waals surface area contributed by atoms with Crippen molar-refractivity contribution >= 4 is 34.0 Å². The zero-order chi connectivity index (χ0) is 27.7. The van der Waals surface area contributed by atoms with Crippen LogP contribution in [0.1, 0.15) is 43.5 Å². The van der Waals surface area contributed by atoms with Crippen LogP contribution in [0.5, 0.6) is 11.5 Å². The summed E-state index contributed by atoms with van der Waals surface area (Å²) in [7, 11) is 3.71. The van der Waals surface area contributed by atoms with Gasteiger partial charge in [0, 0.05) is 30.7 Å². The minimum atomic E-state index is 0.338. The molecule has 5 rings (SSSR count). The van der Waals surface area contributed by atoms with Crippen molar-refractivity contribution in [2.75, 3.05) is 24.4 Å². The summed E-state index contributed by atoms with van der Waals surface area (Å²) in [5.74, 6) is 2.80. The maximum atomic E-state index is 5.91. The molecule has 0 fully saturated rings. The van der Waals surface area contributed by atoms with Crippen LogP contribution in [0.4, 0.5) is 23.0 Å². The van der Waals surface area contributed by atoms with Crippen LogP contribution in [0.2, 0.25) is 0 Å². The molecule has 0 spiro atoms. The van der Waals surface area contributed by atoms with Gasteiger partial charge in [0.25, 0.3) is 0 Å². The van der Waals surface area contributed by atoms with Gasteiger partial charge in [-0.15, -0.1) is 0 Å². The lowest BCUT2D eigenvalue weighted by Gasteiger charge is -2.18. The number of aromatic nitrogens is 4. The molecule has 39 heavy (non-hydrogen) atoms. The van der Waals surface area contributed by atoms with Gasteiger partial charge in [-0.25, -0.2) is 9.97 Å². The fourth-order valence-corrected chi connectivity index (χ4v) is 4.79. The van der Waals surface area contributed by atoms with Crippen LogP contribution in [-0.2, 0) is 7.05 Å². The van der Waals surface area contributed by atoms with Crippen molar-refractivity contribution in [3.05, 3.63) is 77.9 Å². The largest absolute Gasteiger partial charge is 0.494 e. The predicted octanol–water partition coefficient (Wildman–Crippen LogP) is 7.39. The van der Waals surface area contributed by atoms with E-state index >= 15 is 0 Å². The lowest BCUT2D eigenvalue weighted by atomic mass is 9.99. The Balaban J connectivity index is 1.47. The first-order valence-electron chi connectivity index (χ1n) is 13.2. The Morgan fingerprint density at radius 3 is 2.49 bits per heavy atom. The molecule has 202 valence electrons. The van der Waals surface area contributed by atoms with Crippen molar-refractivity contribution in [3.8, 4) is 17.2 Å². The summed E-state index contributed by atoms with van der Waals surface area (Å²) < 4.78 is 15.6. The normalized spacial score (nSPS) is 11.3. The van der Waals surface area contributed by atoms with Gasteiger partial charge in [0.15, 0.2) is 0 Å². The van der Waals surface area contributed by atoms with Crippen molar-refractivity contribution in [1.29, 1.82) is 0 Å². The summed E-state index contributed by atoms with van der Waals surface area (Å²) in [6.07, 6.45) is 3.77. The monoisotopic (exact) mass is 524 g/mol. The smallest absolute Gasteiger partial charge is 0.208 e. The molecule has 2 heterocycles. The van der Waals surface area contributed by atoms with Gasteiger partial charge in [0.1, 0.15) is 17.0 Å². The summed E-state index contributed by atoms with van der Waals surface area (Å²) >= 11 is 0. The summed E-state index contributed by atoms with van der Waals surface area (Å²) in [4.78, 5) is 9.34. The second-order valence-corrected chi connectivity index (χ2v) is 10.0. The molecule has 0 radical (unpaired) electrons. The van der Waals surface area contributed by atoms with Gasteiger partial charge < -0.3 is 29.2 Å². The van der Waals surface area contributed by atoms with Gasteiger partial charge in [0.05, 0.1) is 42.6 Å². The third-order valence-electron chi connectivity index (χ3n) is 6.89. The van der Waals surface area contributed by atoms with Gasteiger partial charge in [0.2, 0.25) is 5.95 Å². The number of ether oxygens (including phenoxy) is 2. The average Bonchev–Trinajstić information content (AvgIpc) is 3.49. The van der Waals surface area contributed by atoms with E-state index in [2.05, 4.69) is 59.2 Å². The summed E-state index contributed by atoms with van der Waals surface area (Å²) in [6.45, 7) is 11.1. The molecule has 0 saturated heterocycles. The number of benzene rings is 3. The molecule has 0 amide bonds. The first-order chi connectivity index (χ1) is 18.8. The number of methoxy groups -OCH3 is 1. The molecule has 3 aromatic carbocycles. The van der Waals surface area contributed by atoms with Crippen LogP contribution in [0.15, 0.2) is 61.1 Å². The number of rotatable bonds is 9. The second-order valence-electron chi connectivity index (χ2n) is 10.0. The molecule has 0 aliphatic carbocycles. The minimum Gasteiger partial charge on any atom is -0.494 e. The number of aryl methyl sites for hydroxylation is 3. The number of para-hydroxylation sites is 1. The number of hydrogen-bond donors (Lipinski definition) is 2. The molecular weight excluding hydrogens is 488 g/mol. The molecule has 8 heteroatoms. The van der Waals surface area contributed by atoms with Crippen LogP contribution in [0, 0.1) is 13.8 Å². The highest BCUT2D eigenvalue weighted by Crippen LogP contribution is 2.35. The fourth-order valence-electron chi connectivity index (χ4n) is 4.79. The summed E-state index contributed by atoms with van der Waals surface area (Å²) in [5, 5.41) is 7.11. The highest BCUT2D eigenvalue weighted by molar-refractivity contribution is 5.93. The van der Waals surface area contributed by atoms with Gasteiger partial charge in [-0.2, -0.15) is 0 Å². The standard InChI is InChI=1S/C31H36N6O2/c1-8-39-28-14-20(4)25(16-23(28)19(2)3)34-31-35-30-24(10-9-11-27(30)36(31)6)33-22-12-13-26(29(15-22)38-7)37-17-21(5)32-18-37/h9-19,33H,8H2,1-7H3,(H,34,35). The van der Waals surface area contributed by atoms with Crippen LogP contribution in [0.3, 0.4) is 0 Å². The minimum absolute atomic E-state index is 0.338. The first-order valence-corrected chi connectivity index (χ1v) is 13.2. The molecule has 0 bridgehead atoms. The molecule has 5 aromatic rings. The zero-order valence-electron chi connectivity index (χ0n) is 23.7. The molecule has 0 atom stereocenters. The van der Waals surface area contributed by atoms with Crippen molar-refractivity contribution in [2.45, 2.75) is 40.5 Å². The molecular formula is C31H36N6O2. The summed E-state index contributed by atoms with van der Waals surface area (Å²) in [5.41, 5.74) is 8.90. The molecule has 0 unspecified atom stereocenters. The average molecular weight is 525 g/mol. The van der Waals surface area contributed by atoms with Crippen molar-refractivity contribution < 1.29 is 9.47 Å². The molecule has 0 aliphatic rings. The van der Waals surface area contributed by atoms with Crippen LogP contribution < -0.4 is 20.1 Å². The number of anilines is 4. The Kier molecular flexibility index (Phi) is 7.19. The Morgan fingerprint density at radius 2 is 1.79 bits per heavy atom. The van der Waals surface area contributed by atoms with Gasteiger partial charge in [-0.3, -0.25) is 0 Å². The Labute approximate surface area is 229 Å².